The second-order valence-corrected chi connectivity index (χ2v) is 7.44. The second-order valence-electron chi connectivity index (χ2n) is 7.03. The summed E-state index contributed by atoms with van der Waals surface area (Å²) in [5.74, 6) is -0.0836. The molecule has 0 saturated carbocycles. The van der Waals surface area contributed by atoms with Crippen LogP contribution in [0.15, 0.2) is 48.5 Å². The van der Waals surface area contributed by atoms with E-state index in [1.807, 2.05) is 24.3 Å². The summed E-state index contributed by atoms with van der Waals surface area (Å²) in [5, 5.41) is 3.69. The zero-order chi connectivity index (χ0) is 19.8. The van der Waals surface area contributed by atoms with Crippen molar-refractivity contribution in [3.8, 4) is 5.75 Å². The van der Waals surface area contributed by atoms with Gasteiger partial charge in [-0.15, -0.1) is 0 Å². The molecule has 1 saturated heterocycles. The summed E-state index contributed by atoms with van der Waals surface area (Å²) in [5.41, 5.74) is 1.03. The maximum Gasteiger partial charge on any atom is 0.258 e. The normalized spacial score (nSPS) is 16.2. The van der Waals surface area contributed by atoms with Crippen LogP contribution < -0.4 is 10.1 Å². The molecule has 1 N–H and O–H groups in total. The lowest BCUT2D eigenvalue weighted by molar-refractivity contribution is -0.123. The Morgan fingerprint density at radius 1 is 1.07 bits per heavy atom. The van der Waals surface area contributed by atoms with Crippen molar-refractivity contribution in [2.45, 2.75) is 31.7 Å². The van der Waals surface area contributed by atoms with Gasteiger partial charge < -0.3 is 10.1 Å². The van der Waals surface area contributed by atoms with Gasteiger partial charge in [-0.25, -0.2) is 4.39 Å². The maximum atomic E-state index is 12.9. The molecule has 28 heavy (non-hydrogen) atoms. The van der Waals surface area contributed by atoms with Crippen LogP contribution in [0.3, 0.4) is 0 Å². The van der Waals surface area contributed by atoms with E-state index in [0.29, 0.717) is 17.3 Å². The van der Waals surface area contributed by atoms with Gasteiger partial charge in [0.05, 0.1) is 6.04 Å². The van der Waals surface area contributed by atoms with Gasteiger partial charge in [-0.2, -0.15) is 0 Å². The van der Waals surface area contributed by atoms with Gasteiger partial charge in [0.2, 0.25) is 0 Å². The highest BCUT2D eigenvalue weighted by atomic mass is 35.5. The Morgan fingerprint density at radius 2 is 1.75 bits per heavy atom. The molecule has 0 spiro atoms. The highest BCUT2D eigenvalue weighted by molar-refractivity contribution is 6.31. The lowest BCUT2D eigenvalue weighted by atomic mass is 10.0. The molecule has 0 bridgehead atoms. The van der Waals surface area contributed by atoms with E-state index in [2.05, 4.69) is 10.2 Å². The minimum Gasteiger partial charge on any atom is -0.484 e. The topological polar surface area (TPSA) is 41.6 Å². The summed E-state index contributed by atoms with van der Waals surface area (Å²) in [7, 11) is 0. The largest absolute Gasteiger partial charge is 0.484 e. The van der Waals surface area contributed by atoms with Crippen molar-refractivity contribution in [3.63, 3.8) is 0 Å². The number of rotatable bonds is 7. The predicted molar refractivity (Wildman–Crippen MR) is 109 cm³/mol. The van der Waals surface area contributed by atoms with Crippen LogP contribution in [0, 0.1) is 5.82 Å². The molecule has 0 aromatic heterocycles. The van der Waals surface area contributed by atoms with Gasteiger partial charge in [0.1, 0.15) is 11.6 Å². The fourth-order valence-corrected chi connectivity index (χ4v) is 3.79. The number of nitrogens with one attached hydrogen (secondary N) is 1. The highest BCUT2D eigenvalue weighted by Gasteiger charge is 2.24. The molecule has 3 rings (SSSR count). The van der Waals surface area contributed by atoms with E-state index >= 15 is 0 Å². The fourth-order valence-electron chi connectivity index (χ4n) is 3.53. The SMILES string of the molecule is O=C(COc1ccc(F)cc1)NC[C@H](c1ccccc1Cl)N1CCCCCC1. The Hall–Kier alpha value is -2.11. The number of hydrogen-bond donors (Lipinski definition) is 1. The molecule has 4 nitrogen and oxygen atoms in total. The van der Waals surface area contributed by atoms with Gasteiger partial charge in [-0.1, -0.05) is 42.6 Å². The van der Waals surface area contributed by atoms with Crippen molar-refractivity contribution in [3.05, 3.63) is 64.9 Å². The third kappa shape index (κ3) is 5.94. The number of hydrogen-bond acceptors (Lipinski definition) is 3. The summed E-state index contributed by atoms with van der Waals surface area (Å²) in [4.78, 5) is 14.7. The number of nitrogens with zero attached hydrogens (tertiary/aromatic N) is 1. The van der Waals surface area contributed by atoms with Crippen molar-refractivity contribution in [1.82, 2.24) is 10.2 Å². The van der Waals surface area contributed by atoms with Crippen molar-refractivity contribution in [2.75, 3.05) is 26.2 Å². The third-order valence-corrected chi connectivity index (χ3v) is 5.37. The van der Waals surface area contributed by atoms with E-state index in [0.717, 1.165) is 31.5 Å². The Morgan fingerprint density at radius 3 is 2.43 bits per heavy atom. The number of amides is 1. The van der Waals surface area contributed by atoms with Gasteiger partial charge in [-0.3, -0.25) is 9.69 Å². The first-order valence-corrected chi connectivity index (χ1v) is 10.1. The Kier molecular flexibility index (Phi) is 7.69. The Labute approximate surface area is 170 Å². The molecule has 1 amide bonds. The van der Waals surface area contributed by atoms with E-state index in [1.54, 1.807) is 0 Å². The van der Waals surface area contributed by atoms with Crippen LogP contribution in [0.4, 0.5) is 4.39 Å². The minimum absolute atomic E-state index is 0.0292. The predicted octanol–water partition coefficient (Wildman–Crippen LogP) is 4.59. The standard InChI is InChI=1S/C22H26ClFN2O2/c23-20-8-4-3-7-19(20)21(26-13-5-1-2-6-14-26)15-25-22(27)16-28-18-11-9-17(24)10-12-18/h3-4,7-12,21H,1-2,5-6,13-16H2,(H,25,27)/t21-/m1/s1. The number of carbonyl (C=O) groups is 1. The molecule has 6 heteroatoms. The Bertz CT molecular complexity index is 761. The summed E-state index contributed by atoms with van der Waals surface area (Å²) >= 11 is 6.45. The summed E-state index contributed by atoms with van der Waals surface area (Å²) < 4.78 is 18.4. The zero-order valence-corrected chi connectivity index (χ0v) is 16.6. The molecule has 0 unspecified atom stereocenters. The number of ether oxygens (including phenoxy) is 1. The first-order valence-electron chi connectivity index (χ1n) is 9.77. The van der Waals surface area contributed by atoms with Gasteiger partial charge in [0.25, 0.3) is 5.91 Å². The maximum absolute atomic E-state index is 12.9. The van der Waals surface area contributed by atoms with Crippen LogP contribution in [0.1, 0.15) is 37.3 Å². The summed E-state index contributed by atoms with van der Waals surface area (Å²) in [6, 6.07) is 13.5. The molecule has 1 aliphatic heterocycles. The molecule has 1 heterocycles. The molecule has 150 valence electrons. The van der Waals surface area contributed by atoms with Crippen LogP contribution in [-0.2, 0) is 4.79 Å². The number of benzene rings is 2. The lowest BCUT2D eigenvalue weighted by Gasteiger charge is -2.31. The van der Waals surface area contributed by atoms with E-state index < -0.39 is 0 Å². The number of halogens is 2. The molecule has 2 aromatic carbocycles. The van der Waals surface area contributed by atoms with Gasteiger partial charge in [0.15, 0.2) is 6.61 Å². The molecule has 0 aliphatic carbocycles. The van der Waals surface area contributed by atoms with E-state index in [9.17, 15) is 9.18 Å². The van der Waals surface area contributed by atoms with Crippen molar-refractivity contribution in [1.29, 1.82) is 0 Å². The summed E-state index contributed by atoms with van der Waals surface area (Å²) in [6.07, 6.45) is 4.79. The van der Waals surface area contributed by atoms with Crippen LogP contribution in [0.25, 0.3) is 0 Å². The summed E-state index contributed by atoms with van der Waals surface area (Å²) in [6.45, 7) is 2.35. The molecular weight excluding hydrogens is 379 g/mol. The highest BCUT2D eigenvalue weighted by Crippen LogP contribution is 2.29. The van der Waals surface area contributed by atoms with E-state index in [-0.39, 0.29) is 24.4 Å². The monoisotopic (exact) mass is 404 g/mol. The fraction of sp³-hybridized carbons (Fsp3) is 0.409. The van der Waals surface area contributed by atoms with Crippen LogP contribution in [0.5, 0.6) is 5.75 Å². The minimum atomic E-state index is -0.336. The zero-order valence-electron chi connectivity index (χ0n) is 15.9. The number of likely N-dealkylation sites (tertiary alicyclic amines) is 1. The Balaban J connectivity index is 1.61. The van der Waals surface area contributed by atoms with Crippen LogP contribution >= 0.6 is 11.6 Å². The lowest BCUT2D eigenvalue weighted by Crippen LogP contribution is -2.40. The average Bonchev–Trinajstić information content (AvgIpc) is 2.98. The smallest absolute Gasteiger partial charge is 0.258 e. The molecule has 1 atom stereocenters. The van der Waals surface area contributed by atoms with Crippen molar-refractivity contribution >= 4 is 17.5 Å². The van der Waals surface area contributed by atoms with Crippen LogP contribution in [-0.4, -0.2) is 37.0 Å². The van der Waals surface area contributed by atoms with E-state index in [4.69, 9.17) is 16.3 Å². The second kappa shape index (κ2) is 10.4. The average molecular weight is 405 g/mol. The first kappa shape index (κ1) is 20.6. The molecule has 2 aromatic rings. The van der Waals surface area contributed by atoms with Crippen LogP contribution in [0.2, 0.25) is 5.02 Å². The van der Waals surface area contributed by atoms with Gasteiger partial charge >= 0.3 is 0 Å². The van der Waals surface area contributed by atoms with Gasteiger partial charge in [0, 0.05) is 11.6 Å². The number of carbonyl (C=O) groups excluding carboxylic acids is 1. The first-order chi connectivity index (χ1) is 13.6. The molecular formula is C22H26ClFN2O2. The van der Waals surface area contributed by atoms with Gasteiger partial charge in [-0.05, 0) is 61.8 Å². The van der Waals surface area contributed by atoms with E-state index in [1.165, 1.54) is 37.1 Å². The quantitative estimate of drug-likeness (QED) is 0.733. The van der Waals surface area contributed by atoms with Crippen molar-refractivity contribution < 1.29 is 13.9 Å². The van der Waals surface area contributed by atoms with Crippen molar-refractivity contribution in [2.24, 2.45) is 0 Å². The third-order valence-electron chi connectivity index (χ3n) is 5.02. The molecule has 1 fully saturated rings. The molecule has 0 radical (unpaired) electrons. The molecule has 1 aliphatic rings.